The lowest BCUT2D eigenvalue weighted by Gasteiger charge is -2.33. The van der Waals surface area contributed by atoms with Gasteiger partial charge in [0.1, 0.15) is 0 Å². The van der Waals surface area contributed by atoms with Crippen molar-refractivity contribution in [3.05, 3.63) is 0 Å². The van der Waals surface area contributed by atoms with Crippen LogP contribution in [0.1, 0.15) is 40.0 Å². The molecule has 0 bridgehead atoms. The normalized spacial score (nSPS) is 29.4. The molecule has 2 atom stereocenters. The zero-order valence-electron chi connectivity index (χ0n) is 11.3. The first-order valence-electron chi connectivity index (χ1n) is 6.76. The van der Waals surface area contributed by atoms with Crippen molar-refractivity contribution in [2.75, 3.05) is 27.2 Å². The topological polar surface area (TPSA) is 49.6 Å². The summed E-state index contributed by atoms with van der Waals surface area (Å²) >= 11 is 0. The third-order valence-corrected chi connectivity index (χ3v) is 3.80. The average molecular weight is 243 g/mol. The summed E-state index contributed by atoms with van der Waals surface area (Å²) in [5.74, 6) is 0. The lowest BCUT2D eigenvalue weighted by atomic mass is 9.90. The lowest BCUT2D eigenvalue weighted by Crippen LogP contribution is -2.47. The van der Waals surface area contributed by atoms with Crippen LogP contribution in [-0.2, 0) is 4.79 Å². The van der Waals surface area contributed by atoms with Crippen LogP contribution < -0.4 is 5.73 Å². The molecule has 1 aliphatic heterocycles. The van der Waals surface area contributed by atoms with Crippen molar-refractivity contribution in [2.24, 2.45) is 5.73 Å². The Morgan fingerprint density at radius 2 is 1.82 bits per heavy atom. The minimum atomic E-state index is 0. The molecule has 1 saturated carbocycles. The van der Waals surface area contributed by atoms with Crippen LogP contribution in [0, 0.1) is 0 Å². The Hall–Kier alpha value is -0.610. The third kappa shape index (κ3) is 5.04. The number of nitrogens with zero attached hydrogens (tertiary/aromatic N) is 2. The van der Waals surface area contributed by atoms with Gasteiger partial charge in [-0.15, -0.1) is 0 Å². The molecule has 0 spiro atoms. The summed E-state index contributed by atoms with van der Waals surface area (Å²) in [7, 11) is 3.98. The van der Waals surface area contributed by atoms with E-state index in [1.165, 1.54) is 38.8 Å². The van der Waals surface area contributed by atoms with E-state index >= 15 is 0 Å². The molecule has 4 nitrogen and oxygen atoms in total. The smallest absolute Gasteiger partial charge is 0.209 e. The quantitative estimate of drug-likeness (QED) is 0.744. The van der Waals surface area contributed by atoms with Crippen LogP contribution in [0.2, 0.25) is 0 Å². The summed E-state index contributed by atoms with van der Waals surface area (Å²) in [6.07, 6.45) is 8.24. The van der Waals surface area contributed by atoms with Gasteiger partial charge in [0.2, 0.25) is 6.41 Å². The fraction of sp³-hybridized carbons (Fsp3) is 0.923. The molecule has 0 aromatic heterocycles. The maximum atomic E-state index is 10.4. The molecule has 17 heavy (non-hydrogen) atoms. The van der Waals surface area contributed by atoms with Crippen LogP contribution in [0.25, 0.3) is 0 Å². The van der Waals surface area contributed by atoms with E-state index in [9.17, 15) is 4.79 Å². The summed E-state index contributed by atoms with van der Waals surface area (Å²) in [5, 5.41) is 0. The van der Waals surface area contributed by atoms with Gasteiger partial charge in [0.15, 0.2) is 0 Å². The van der Waals surface area contributed by atoms with Gasteiger partial charge < -0.3 is 15.5 Å². The first-order chi connectivity index (χ1) is 8.15. The SMILES string of the molecule is CN(C=O)[C@H]1CCCC[C@@H]1N.CN1CCCC1.[HH]. The second-order valence-electron chi connectivity index (χ2n) is 5.30. The van der Waals surface area contributed by atoms with Crippen molar-refractivity contribution >= 4 is 6.41 Å². The lowest BCUT2D eigenvalue weighted by molar-refractivity contribution is -0.119. The van der Waals surface area contributed by atoms with E-state index in [0.29, 0.717) is 0 Å². The van der Waals surface area contributed by atoms with Gasteiger partial charge in [0, 0.05) is 20.6 Å². The molecular formula is C13H29N3O. The largest absolute Gasteiger partial charge is 0.344 e. The highest BCUT2D eigenvalue weighted by molar-refractivity contribution is 5.47. The predicted molar refractivity (Wildman–Crippen MR) is 72.9 cm³/mol. The number of carbonyl (C=O) groups excluding carboxylic acids is 1. The highest BCUT2D eigenvalue weighted by Gasteiger charge is 2.24. The first kappa shape index (κ1) is 14.5. The van der Waals surface area contributed by atoms with Crippen LogP contribution in [0.15, 0.2) is 0 Å². The highest BCUT2D eigenvalue weighted by atomic mass is 16.1. The number of hydrogen-bond donors (Lipinski definition) is 1. The number of likely N-dealkylation sites (N-methyl/N-ethyl adjacent to an activating group) is 1. The molecule has 0 radical (unpaired) electrons. The summed E-state index contributed by atoms with van der Waals surface area (Å²) in [4.78, 5) is 14.5. The molecule has 2 N–H and O–H groups in total. The van der Waals surface area contributed by atoms with Gasteiger partial charge in [-0.2, -0.15) is 0 Å². The minimum absolute atomic E-state index is 0. The van der Waals surface area contributed by atoms with Crippen LogP contribution >= 0.6 is 0 Å². The Morgan fingerprint density at radius 1 is 1.24 bits per heavy atom. The highest BCUT2D eigenvalue weighted by Crippen LogP contribution is 2.19. The van der Waals surface area contributed by atoms with Crippen molar-refractivity contribution in [2.45, 2.75) is 50.6 Å². The fourth-order valence-electron chi connectivity index (χ4n) is 2.60. The van der Waals surface area contributed by atoms with E-state index < -0.39 is 0 Å². The van der Waals surface area contributed by atoms with Crippen molar-refractivity contribution < 1.29 is 6.22 Å². The van der Waals surface area contributed by atoms with E-state index in [1.54, 1.807) is 4.90 Å². The van der Waals surface area contributed by atoms with Gasteiger partial charge in [0.25, 0.3) is 0 Å². The van der Waals surface area contributed by atoms with E-state index in [2.05, 4.69) is 11.9 Å². The van der Waals surface area contributed by atoms with Crippen molar-refractivity contribution in [3.8, 4) is 0 Å². The Labute approximate surface area is 107 Å². The van der Waals surface area contributed by atoms with Crippen LogP contribution in [0.3, 0.4) is 0 Å². The number of hydrogen-bond acceptors (Lipinski definition) is 3. The molecule has 1 amide bonds. The Kier molecular flexibility index (Phi) is 6.52. The molecule has 102 valence electrons. The van der Waals surface area contributed by atoms with Crippen LogP contribution in [0.5, 0.6) is 0 Å². The van der Waals surface area contributed by atoms with Gasteiger partial charge in [-0.05, 0) is 45.8 Å². The maximum Gasteiger partial charge on any atom is 0.209 e. The number of likely N-dealkylation sites (tertiary alicyclic amines) is 1. The zero-order chi connectivity index (χ0) is 12.7. The van der Waals surface area contributed by atoms with Crippen LogP contribution in [0.4, 0.5) is 0 Å². The Morgan fingerprint density at radius 3 is 2.24 bits per heavy atom. The first-order valence-corrected chi connectivity index (χ1v) is 6.76. The summed E-state index contributed by atoms with van der Waals surface area (Å²) in [6.45, 7) is 2.64. The van der Waals surface area contributed by atoms with Crippen LogP contribution in [-0.4, -0.2) is 55.5 Å². The number of amides is 1. The molecule has 4 heteroatoms. The molecule has 1 heterocycles. The molecule has 0 aromatic carbocycles. The zero-order valence-corrected chi connectivity index (χ0v) is 11.3. The molecule has 2 aliphatic rings. The standard InChI is InChI=1S/C8H16N2O.C5H11N.H2/c1-10(6-11)8-5-3-2-4-7(8)9;1-6-4-2-3-5-6;/h6-8H,2-5,9H2,1H3;2-5H2,1H3;1H/t7-,8-;;/m0../s1. The molecule has 0 unspecified atom stereocenters. The minimum Gasteiger partial charge on any atom is -0.344 e. The monoisotopic (exact) mass is 243 g/mol. The Bertz CT molecular complexity index is 222. The summed E-state index contributed by atoms with van der Waals surface area (Å²) in [6, 6.07) is 0.472. The molecular weight excluding hydrogens is 214 g/mol. The van der Waals surface area contributed by atoms with E-state index in [-0.39, 0.29) is 13.5 Å². The van der Waals surface area contributed by atoms with Gasteiger partial charge in [-0.25, -0.2) is 0 Å². The predicted octanol–water partition coefficient (Wildman–Crippen LogP) is 1.30. The molecule has 2 rings (SSSR count). The van der Waals surface area contributed by atoms with Crippen molar-refractivity contribution in [3.63, 3.8) is 0 Å². The van der Waals surface area contributed by atoms with Crippen molar-refractivity contribution in [1.29, 1.82) is 0 Å². The molecule has 1 aliphatic carbocycles. The van der Waals surface area contributed by atoms with Gasteiger partial charge >= 0.3 is 0 Å². The maximum absolute atomic E-state index is 10.4. The second-order valence-corrected chi connectivity index (χ2v) is 5.30. The van der Waals surface area contributed by atoms with Gasteiger partial charge in [0.05, 0.1) is 0 Å². The number of rotatable bonds is 2. The van der Waals surface area contributed by atoms with E-state index in [0.717, 1.165) is 19.3 Å². The Balaban J connectivity index is 0.000000352. The number of carbonyl (C=O) groups is 1. The van der Waals surface area contributed by atoms with E-state index in [1.807, 2.05) is 7.05 Å². The third-order valence-electron chi connectivity index (χ3n) is 3.80. The second kappa shape index (κ2) is 7.67. The summed E-state index contributed by atoms with van der Waals surface area (Å²) < 4.78 is 0. The van der Waals surface area contributed by atoms with E-state index in [4.69, 9.17) is 5.73 Å². The number of nitrogens with two attached hydrogens (primary N) is 1. The fourth-order valence-corrected chi connectivity index (χ4v) is 2.60. The summed E-state index contributed by atoms with van der Waals surface area (Å²) in [5.41, 5.74) is 5.85. The molecule has 1 saturated heterocycles. The van der Waals surface area contributed by atoms with Crippen molar-refractivity contribution in [1.82, 2.24) is 9.80 Å². The average Bonchev–Trinajstić information content (AvgIpc) is 2.81. The van der Waals surface area contributed by atoms with Gasteiger partial charge in [-0.3, -0.25) is 4.79 Å². The molecule has 2 fully saturated rings. The van der Waals surface area contributed by atoms with Gasteiger partial charge in [-0.1, -0.05) is 12.8 Å². The molecule has 0 aromatic rings.